The minimum atomic E-state index is -0.995. The Morgan fingerprint density at radius 2 is 1.45 bits per heavy atom. The van der Waals surface area contributed by atoms with Crippen molar-refractivity contribution in [2.45, 2.75) is 65.2 Å². The average molecular weight is 792 g/mol. The van der Waals surface area contributed by atoms with Gasteiger partial charge in [-0.25, -0.2) is 9.37 Å². The summed E-state index contributed by atoms with van der Waals surface area (Å²) in [5, 5.41) is 13.2. The van der Waals surface area contributed by atoms with E-state index in [2.05, 4.69) is 52.8 Å². The van der Waals surface area contributed by atoms with Crippen molar-refractivity contribution in [2.24, 2.45) is 0 Å². The van der Waals surface area contributed by atoms with Crippen LogP contribution in [-0.4, -0.2) is 37.3 Å². The molecule has 7 nitrogen and oxygen atoms in total. The number of carboxylic acid groups (broad SMARTS) is 1. The van der Waals surface area contributed by atoms with Gasteiger partial charge >= 0.3 is 5.97 Å². The van der Waals surface area contributed by atoms with E-state index in [4.69, 9.17) is 9.15 Å². The molecule has 5 aromatic carbocycles. The molecule has 0 atom stereocenters. The summed E-state index contributed by atoms with van der Waals surface area (Å²) in [6.45, 7) is 8.91. The first-order valence-corrected chi connectivity index (χ1v) is 21.6. The van der Waals surface area contributed by atoms with Crippen LogP contribution >= 0.6 is 0 Å². The lowest BCUT2D eigenvalue weighted by Gasteiger charge is -2.39. The highest BCUT2D eigenvalue weighted by molar-refractivity contribution is 6.07. The molecule has 0 radical (unpaired) electrons. The summed E-state index contributed by atoms with van der Waals surface area (Å²) in [7, 11) is 0. The Labute approximate surface area is 348 Å². The standard InChI is InChI=1S/C32H33N2O.C21H14O4/c1-20-10-12-21(13-11-20)28-26-18-22-6-2-14-33-16-4-8-24(29(22)33)31(26)35-32-25-9-5-17-34-15-3-7-23(30(25)34)19-27(28)32;1-12-6-8-16-18(10-12)25-19-11-13(22)7-9-17(19)20(16)14-4-2-3-5-15(14)21(23)24/h10-13,18-19H,2-9,14-17H2,1H3;2-11H,1H3,(H,23,24)/q+1;. The third-order valence-electron chi connectivity index (χ3n) is 13.3. The molecule has 1 aliphatic carbocycles. The van der Waals surface area contributed by atoms with Gasteiger partial charge < -0.3 is 19.2 Å². The zero-order valence-corrected chi connectivity index (χ0v) is 34.2. The van der Waals surface area contributed by atoms with E-state index in [1.54, 1.807) is 30.3 Å². The number of anilines is 1. The Kier molecular flexibility index (Phi) is 8.76. The van der Waals surface area contributed by atoms with E-state index in [0.717, 1.165) is 40.9 Å². The van der Waals surface area contributed by atoms with Crippen LogP contribution in [0.1, 0.15) is 80.5 Å². The molecule has 0 saturated heterocycles. The minimum absolute atomic E-state index is 0.152. The fourth-order valence-corrected chi connectivity index (χ4v) is 10.7. The fraction of sp³-hybridized carbons (Fsp3) is 0.264. The highest BCUT2D eigenvalue weighted by atomic mass is 16.5. The Hall–Kier alpha value is -6.47. The zero-order chi connectivity index (χ0) is 40.6. The number of ether oxygens (including phenoxy) is 1. The van der Waals surface area contributed by atoms with Gasteiger partial charge in [0, 0.05) is 81.7 Å². The quantitative estimate of drug-likeness (QED) is 0.142. The molecule has 298 valence electrons. The Morgan fingerprint density at radius 3 is 2.28 bits per heavy atom. The average Bonchev–Trinajstić information content (AvgIpc) is 3.26. The topological polar surface area (TPSA) is 83.0 Å². The molecule has 0 saturated carbocycles. The van der Waals surface area contributed by atoms with Crippen LogP contribution < -0.4 is 30.2 Å². The van der Waals surface area contributed by atoms with Gasteiger partial charge in [-0.1, -0.05) is 60.2 Å². The first kappa shape index (κ1) is 36.6. The van der Waals surface area contributed by atoms with E-state index in [0.29, 0.717) is 22.5 Å². The number of aromatic carboxylic acids is 1. The SMILES string of the molecule is Cc1ccc(C2=c3cc4c5c(c3Oc3c2cc2c6c3CCCN6CCC2)CCC[N+]=5CCC4)cc1.Cc1ccc2c(-c3ccccc3C(=O)O)c3ccc(=O)cc-3oc2c1. The summed E-state index contributed by atoms with van der Waals surface area (Å²) in [5.74, 6) is 1.76. The molecule has 7 heteroatoms. The first-order valence-electron chi connectivity index (χ1n) is 21.6. The second-order valence-corrected chi connectivity index (χ2v) is 17.2. The molecule has 6 heterocycles. The molecular weight excluding hydrogens is 745 g/mol. The minimum Gasteiger partial charge on any atom is -0.478 e. The van der Waals surface area contributed by atoms with Crippen molar-refractivity contribution < 1.29 is 19.1 Å². The lowest BCUT2D eigenvalue weighted by molar-refractivity contribution is 0.0697. The van der Waals surface area contributed by atoms with Gasteiger partial charge in [0.25, 0.3) is 0 Å². The van der Waals surface area contributed by atoms with Crippen molar-refractivity contribution in [1.82, 2.24) is 4.58 Å². The molecule has 7 aliphatic rings. The smallest absolute Gasteiger partial charge is 0.336 e. The molecule has 1 N–H and O–H groups in total. The Bertz CT molecular complexity index is 3100. The Morgan fingerprint density at radius 1 is 0.700 bits per heavy atom. The third-order valence-corrected chi connectivity index (χ3v) is 13.3. The predicted molar refractivity (Wildman–Crippen MR) is 238 cm³/mol. The number of hydrogen-bond donors (Lipinski definition) is 1. The largest absolute Gasteiger partial charge is 0.478 e. The molecule has 0 aromatic heterocycles. The number of carbonyl (C=O) groups is 1. The number of carboxylic acids is 1. The van der Waals surface area contributed by atoms with Crippen LogP contribution in [-0.2, 0) is 25.7 Å². The number of fused-ring (bicyclic) bond motifs is 6. The lowest BCUT2D eigenvalue weighted by Crippen LogP contribution is -2.45. The van der Waals surface area contributed by atoms with E-state index < -0.39 is 5.97 Å². The van der Waals surface area contributed by atoms with E-state index >= 15 is 0 Å². The van der Waals surface area contributed by atoms with Crippen molar-refractivity contribution in [3.63, 3.8) is 0 Å². The van der Waals surface area contributed by atoms with E-state index in [1.807, 2.05) is 25.1 Å². The van der Waals surface area contributed by atoms with Crippen molar-refractivity contribution in [2.75, 3.05) is 31.1 Å². The number of rotatable bonds is 3. The highest BCUT2D eigenvalue weighted by Gasteiger charge is 2.35. The summed E-state index contributed by atoms with van der Waals surface area (Å²) in [5.41, 5.74) is 16.6. The van der Waals surface area contributed by atoms with Gasteiger partial charge in [-0.15, -0.1) is 0 Å². The second kappa shape index (κ2) is 14.4. The van der Waals surface area contributed by atoms with E-state index in [9.17, 15) is 14.7 Å². The number of aryl methyl sites for hydroxylation is 4. The van der Waals surface area contributed by atoms with Crippen LogP contribution in [0.3, 0.4) is 0 Å². The molecule has 6 aliphatic heterocycles. The van der Waals surface area contributed by atoms with Crippen LogP contribution in [0.2, 0.25) is 0 Å². The fourth-order valence-electron chi connectivity index (χ4n) is 10.7. The third kappa shape index (κ3) is 5.96. The van der Waals surface area contributed by atoms with E-state index in [-0.39, 0.29) is 11.0 Å². The normalized spacial score (nSPS) is 15.9. The van der Waals surface area contributed by atoms with Crippen molar-refractivity contribution in [1.29, 1.82) is 0 Å². The molecule has 5 aromatic rings. The molecule has 0 fully saturated rings. The monoisotopic (exact) mass is 791 g/mol. The van der Waals surface area contributed by atoms with Crippen molar-refractivity contribution >= 4 is 28.2 Å². The number of nitrogens with zero attached hydrogens (tertiary/aromatic N) is 2. The maximum Gasteiger partial charge on any atom is 0.336 e. The zero-order valence-electron chi connectivity index (χ0n) is 34.2. The molecule has 0 unspecified atom stereocenters. The molecule has 0 amide bonds. The van der Waals surface area contributed by atoms with Gasteiger partial charge in [0.1, 0.15) is 35.9 Å². The second-order valence-electron chi connectivity index (χ2n) is 17.2. The summed E-state index contributed by atoms with van der Waals surface area (Å²) in [6.07, 6.45) is 9.60. The maximum absolute atomic E-state index is 11.8. The van der Waals surface area contributed by atoms with Crippen LogP contribution in [0, 0.1) is 13.8 Å². The van der Waals surface area contributed by atoms with Gasteiger partial charge in [0.2, 0.25) is 5.36 Å². The van der Waals surface area contributed by atoms with Crippen LogP contribution in [0.25, 0.3) is 39.0 Å². The number of benzene rings is 6. The summed E-state index contributed by atoms with van der Waals surface area (Å²) in [4.78, 5) is 26.1. The van der Waals surface area contributed by atoms with Crippen molar-refractivity contribution in [3.8, 4) is 33.9 Å². The number of hydrogen-bond acceptors (Lipinski definition) is 5. The highest BCUT2D eigenvalue weighted by Crippen LogP contribution is 2.48. The van der Waals surface area contributed by atoms with Gasteiger partial charge in [-0.3, -0.25) is 4.79 Å². The van der Waals surface area contributed by atoms with Gasteiger partial charge in [-0.2, -0.15) is 0 Å². The molecule has 0 bridgehead atoms. The lowest BCUT2D eigenvalue weighted by atomic mass is 9.82. The van der Waals surface area contributed by atoms with Crippen LogP contribution in [0.15, 0.2) is 106 Å². The van der Waals surface area contributed by atoms with Gasteiger partial charge in [0.15, 0.2) is 5.43 Å². The summed E-state index contributed by atoms with van der Waals surface area (Å²) >= 11 is 0. The maximum atomic E-state index is 11.8. The molecule has 12 rings (SSSR count). The van der Waals surface area contributed by atoms with Gasteiger partial charge in [-0.05, 0) is 111 Å². The van der Waals surface area contributed by atoms with Gasteiger partial charge in [0.05, 0.1) is 11.1 Å². The van der Waals surface area contributed by atoms with Crippen molar-refractivity contribution in [3.05, 3.63) is 168 Å². The predicted octanol–water partition coefficient (Wildman–Crippen LogP) is 9.00. The van der Waals surface area contributed by atoms with Crippen LogP contribution in [0.4, 0.5) is 5.69 Å². The summed E-state index contributed by atoms with van der Waals surface area (Å²) < 4.78 is 15.7. The summed E-state index contributed by atoms with van der Waals surface area (Å²) in [6, 6.07) is 31.4. The van der Waals surface area contributed by atoms with Crippen LogP contribution in [0.5, 0.6) is 11.5 Å². The molecular formula is C53H47N2O5+. The Balaban J connectivity index is 0.000000145. The first-order chi connectivity index (χ1) is 29.3. The molecule has 0 spiro atoms. The molecule has 60 heavy (non-hydrogen) atoms. The van der Waals surface area contributed by atoms with E-state index in [1.165, 1.54) is 138 Å².